The summed E-state index contributed by atoms with van der Waals surface area (Å²) in [6, 6.07) is 6.47. The molecule has 2 fully saturated rings. The Morgan fingerprint density at radius 2 is 2.12 bits per heavy atom. The topological polar surface area (TPSA) is 61.6 Å². The third-order valence-corrected chi connectivity index (χ3v) is 5.37. The molecule has 2 saturated heterocycles. The number of carbonyl (C=O) groups is 1. The molecule has 1 atom stereocenters. The van der Waals surface area contributed by atoms with Gasteiger partial charge >= 0.3 is 0 Å². The Morgan fingerprint density at radius 3 is 2.88 bits per heavy atom. The van der Waals surface area contributed by atoms with Crippen molar-refractivity contribution in [1.29, 1.82) is 0 Å². The number of piperazine rings is 1. The van der Waals surface area contributed by atoms with Crippen molar-refractivity contribution in [2.45, 2.75) is 25.8 Å². The molecular weight excluding hydrogens is 340 g/mol. The fourth-order valence-corrected chi connectivity index (χ4v) is 3.89. The third kappa shape index (κ3) is 3.46. The molecule has 0 spiro atoms. The van der Waals surface area contributed by atoms with Crippen LogP contribution in [0.4, 0.5) is 6.01 Å². The molecule has 6 nitrogen and oxygen atoms in total. The second kappa shape index (κ2) is 6.84. The van der Waals surface area contributed by atoms with Gasteiger partial charge in [-0.15, -0.1) is 0 Å². The number of oxazole rings is 1. The van der Waals surface area contributed by atoms with E-state index in [-0.39, 0.29) is 5.92 Å². The summed E-state index contributed by atoms with van der Waals surface area (Å²) in [6.45, 7) is 6.22. The molecule has 25 heavy (non-hydrogen) atoms. The number of aromatic nitrogens is 1. The molecule has 0 saturated carbocycles. The van der Waals surface area contributed by atoms with Crippen molar-refractivity contribution in [3.63, 3.8) is 0 Å². The number of carbonyl (C=O) groups excluding carboxylic acids is 1. The summed E-state index contributed by atoms with van der Waals surface area (Å²) in [5.74, 6) is 0.415. The monoisotopic (exact) mass is 362 g/mol. The van der Waals surface area contributed by atoms with Crippen LogP contribution in [0.3, 0.4) is 0 Å². The number of rotatable bonds is 2. The minimum absolute atomic E-state index is 0.111. The summed E-state index contributed by atoms with van der Waals surface area (Å²) < 4.78 is 5.84. The van der Waals surface area contributed by atoms with Gasteiger partial charge in [-0.05, 0) is 31.9 Å². The van der Waals surface area contributed by atoms with E-state index in [2.05, 4.69) is 22.1 Å². The molecule has 1 aromatic heterocycles. The molecule has 3 heterocycles. The molecule has 2 aromatic rings. The molecular formula is C18H23ClN4O2. The molecule has 1 amide bonds. The highest BCUT2D eigenvalue weighted by Gasteiger charge is 2.31. The van der Waals surface area contributed by atoms with Crippen LogP contribution in [0.1, 0.15) is 19.8 Å². The largest absolute Gasteiger partial charge is 0.423 e. The number of hydrogen-bond acceptors (Lipinski definition) is 5. The van der Waals surface area contributed by atoms with E-state index in [4.69, 9.17) is 16.0 Å². The molecule has 0 bridgehead atoms. The zero-order valence-corrected chi connectivity index (χ0v) is 15.1. The number of nitrogens with zero attached hydrogens (tertiary/aromatic N) is 3. The van der Waals surface area contributed by atoms with E-state index in [1.165, 1.54) is 0 Å². The lowest BCUT2D eigenvalue weighted by Gasteiger charge is -2.37. The first kappa shape index (κ1) is 16.7. The number of hydrogen-bond donors (Lipinski definition) is 1. The molecule has 0 aliphatic carbocycles. The highest BCUT2D eigenvalue weighted by Crippen LogP contribution is 2.28. The van der Waals surface area contributed by atoms with Crippen molar-refractivity contribution >= 4 is 34.6 Å². The van der Waals surface area contributed by atoms with Gasteiger partial charge in [0.25, 0.3) is 6.01 Å². The van der Waals surface area contributed by atoms with Crippen molar-refractivity contribution < 1.29 is 9.21 Å². The molecule has 1 N–H and O–H groups in total. The maximum atomic E-state index is 12.7. The Labute approximate surface area is 152 Å². The number of amides is 1. The second-order valence-electron chi connectivity index (χ2n) is 7.01. The fourth-order valence-electron chi connectivity index (χ4n) is 3.73. The third-order valence-electron chi connectivity index (χ3n) is 5.13. The smallest absolute Gasteiger partial charge is 0.298 e. The van der Waals surface area contributed by atoms with Crippen LogP contribution in [0, 0.1) is 5.92 Å². The van der Waals surface area contributed by atoms with Crippen molar-refractivity contribution in [3.8, 4) is 0 Å². The Hall–Kier alpha value is -1.79. The first-order valence-electron chi connectivity index (χ1n) is 8.93. The van der Waals surface area contributed by atoms with Gasteiger partial charge in [-0.25, -0.2) is 0 Å². The summed E-state index contributed by atoms with van der Waals surface area (Å²) in [5, 5.41) is 4.03. The van der Waals surface area contributed by atoms with Crippen LogP contribution < -0.4 is 10.2 Å². The van der Waals surface area contributed by atoms with E-state index < -0.39 is 0 Å². The van der Waals surface area contributed by atoms with Gasteiger partial charge in [-0.1, -0.05) is 11.6 Å². The summed E-state index contributed by atoms with van der Waals surface area (Å²) in [4.78, 5) is 21.4. The van der Waals surface area contributed by atoms with Gasteiger partial charge in [-0.3, -0.25) is 4.79 Å². The average Bonchev–Trinajstić information content (AvgIpc) is 3.04. The van der Waals surface area contributed by atoms with Crippen LogP contribution in [-0.4, -0.2) is 54.6 Å². The highest BCUT2D eigenvalue weighted by molar-refractivity contribution is 6.31. The van der Waals surface area contributed by atoms with Gasteiger partial charge in [0.05, 0.1) is 0 Å². The summed E-state index contributed by atoms with van der Waals surface area (Å²) in [5.41, 5.74) is 1.52. The standard InChI is InChI=1S/C18H23ClN4O2/c1-12-11-23(9-6-20-12)17(24)13-4-7-22(8-5-13)18-21-15-3-2-14(19)10-16(15)25-18/h2-3,10,12-13,20H,4-9,11H2,1H3/t12-/m1/s1. The van der Waals surface area contributed by atoms with Crippen molar-refractivity contribution in [3.05, 3.63) is 23.2 Å². The van der Waals surface area contributed by atoms with Crippen molar-refractivity contribution in [2.24, 2.45) is 5.92 Å². The number of fused-ring (bicyclic) bond motifs is 1. The Balaban J connectivity index is 1.39. The SMILES string of the molecule is C[C@@H]1CN(C(=O)C2CCN(c3nc4ccc(Cl)cc4o3)CC2)CCN1. The lowest BCUT2D eigenvalue weighted by atomic mass is 9.95. The molecule has 7 heteroatoms. The Bertz CT molecular complexity index is 770. The highest BCUT2D eigenvalue weighted by atomic mass is 35.5. The van der Waals surface area contributed by atoms with Crippen LogP contribution in [0.15, 0.2) is 22.6 Å². The van der Waals surface area contributed by atoms with E-state index >= 15 is 0 Å². The lowest BCUT2D eigenvalue weighted by molar-refractivity contribution is -0.137. The van der Waals surface area contributed by atoms with Gasteiger partial charge in [-0.2, -0.15) is 4.98 Å². The van der Waals surface area contributed by atoms with Gasteiger partial charge in [0, 0.05) is 55.8 Å². The van der Waals surface area contributed by atoms with E-state index in [1.807, 2.05) is 17.0 Å². The van der Waals surface area contributed by atoms with Crippen LogP contribution >= 0.6 is 11.6 Å². The zero-order valence-electron chi connectivity index (χ0n) is 14.4. The van der Waals surface area contributed by atoms with Crippen molar-refractivity contribution in [2.75, 3.05) is 37.6 Å². The van der Waals surface area contributed by atoms with Crippen LogP contribution in [-0.2, 0) is 4.79 Å². The fraction of sp³-hybridized carbons (Fsp3) is 0.556. The van der Waals surface area contributed by atoms with Gasteiger partial charge in [0.1, 0.15) is 5.52 Å². The molecule has 1 aromatic carbocycles. The van der Waals surface area contributed by atoms with Crippen molar-refractivity contribution in [1.82, 2.24) is 15.2 Å². The first-order chi connectivity index (χ1) is 12.1. The van der Waals surface area contributed by atoms with Crippen LogP contribution in [0.25, 0.3) is 11.1 Å². The minimum Gasteiger partial charge on any atom is -0.423 e. The number of anilines is 1. The number of piperidine rings is 1. The number of benzene rings is 1. The van der Waals surface area contributed by atoms with E-state index in [1.54, 1.807) is 6.07 Å². The van der Waals surface area contributed by atoms with Gasteiger partial charge in [0.15, 0.2) is 5.58 Å². The number of nitrogens with one attached hydrogen (secondary N) is 1. The summed E-state index contributed by atoms with van der Waals surface area (Å²) in [6.07, 6.45) is 1.69. The molecule has 0 radical (unpaired) electrons. The number of halogens is 1. The second-order valence-corrected chi connectivity index (χ2v) is 7.45. The normalized spacial score (nSPS) is 22.6. The Morgan fingerprint density at radius 1 is 1.32 bits per heavy atom. The quantitative estimate of drug-likeness (QED) is 0.889. The maximum Gasteiger partial charge on any atom is 0.298 e. The lowest BCUT2D eigenvalue weighted by Crippen LogP contribution is -2.53. The van der Waals surface area contributed by atoms with E-state index in [0.29, 0.717) is 28.6 Å². The summed E-state index contributed by atoms with van der Waals surface area (Å²) >= 11 is 6.00. The molecule has 2 aliphatic rings. The van der Waals surface area contributed by atoms with Gasteiger partial charge < -0.3 is 19.5 Å². The molecule has 4 rings (SSSR count). The average molecular weight is 363 g/mol. The van der Waals surface area contributed by atoms with E-state index in [0.717, 1.165) is 51.1 Å². The predicted molar refractivity (Wildman–Crippen MR) is 98.0 cm³/mol. The van der Waals surface area contributed by atoms with E-state index in [9.17, 15) is 4.79 Å². The molecule has 134 valence electrons. The van der Waals surface area contributed by atoms with Crippen LogP contribution in [0.2, 0.25) is 5.02 Å². The van der Waals surface area contributed by atoms with Gasteiger partial charge in [0.2, 0.25) is 5.91 Å². The molecule has 0 unspecified atom stereocenters. The predicted octanol–water partition coefficient (Wildman–Crippen LogP) is 2.52. The maximum absolute atomic E-state index is 12.7. The minimum atomic E-state index is 0.111. The summed E-state index contributed by atoms with van der Waals surface area (Å²) in [7, 11) is 0. The molecule has 2 aliphatic heterocycles. The van der Waals surface area contributed by atoms with Crippen LogP contribution in [0.5, 0.6) is 0 Å². The first-order valence-corrected chi connectivity index (χ1v) is 9.31. The zero-order chi connectivity index (χ0) is 17.4. The Kier molecular flexibility index (Phi) is 4.56.